The molecule has 4 N–H and O–H groups in total. The van der Waals surface area contributed by atoms with Crippen LogP contribution in [0.15, 0.2) is 74.8 Å². The van der Waals surface area contributed by atoms with Gasteiger partial charge in [0.2, 0.25) is 11.2 Å². The molecule has 0 unspecified atom stereocenters. The Morgan fingerprint density at radius 1 is 0.853 bits per heavy atom. The maximum atomic E-state index is 12.7. The minimum Gasteiger partial charge on any atom is -0.504 e. The van der Waals surface area contributed by atoms with Crippen molar-refractivity contribution in [2.24, 2.45) is 0 Å². The van der Waals surface area contributed by atoms with E-state index in [1.54, 1.807) is 0 Å². The predicted molar refractivity (Wildman–Crippen MR) is 115 cm³/mol. The van der Waals surface area contributed by atoms with Gasteiger partial charge < -0.3 is 19.7 Å². The van der Waals surface area contributed by atoms with Crippen molar-refractivity contribution in [2.75, 3.05) is 4.72 Å². The van der Waals surface area contributed by atoms with Gasteiger partial charge in [0.05, 0.1) is 15.8 Å². The van der Waals surface area contributed by atoms with Gasteiger partial charge in [0, 0.05) is 11.3 Å². The standard InChI is InChI=1S/C22H14F3NO7S/c23-22(24,25)12-2-5-14(6-3-12)34(31,32)26-13-4-8-18-15(10-13)19(29)20(30)21(33-18)11-1-7-16(27)17(28)9-11/h1-10,26-28,30H. The lowest BCUT2D eigenvalue weighted by atomic mass is 10.1. The normalized spacial score (nSPS) is 12.1. The predicted octanol–water partition coefficient (Wildman–Crippen LogP) is 4.40. The Balaban J connectivity index is 1.70. The molecule has 34 heavy (non-hydrogen) atoms. The first-order valence-corrected chi connectivity index (χ1v) is 10.9. The van der Waals surface area contributed by atoms with Crippen molar-refractivity contribution in [2.45, 2.75) is 11.1 Å². The van der Waals surface area contributed by atoms with Gasteiger partial charge in [0.25, 0.3) is 10.0 Å². The van der Waals surface area contributed by atoms with E-state index in [9.17, 15) is 41.7 Å². The summed E-state index contributed by atoms with van der Waals surface area (Å²) in [6, 6.07) is 9.96. The van der Waals surface area contributed by atoms with Gasteiger partial charge in [0.1, 0.15) is 5.58 Å². The third kappa shape index (κ3) is 4.22. The van der Waals surface area contributed by atoms with Crippen LogP contribution in [0.2, 0.25) is 0 Å². The Bertz CT molecular complexity index is 1580. The highest BCUT2D eigenvalue weighted by Gasteiger charge is 2.30. The summed E-state index contributed by atoms with van der Waals surface area (Å²) in [5.74, 6) is -2.03. The second-order valence-corrected chi connectivity index (χ2v) is 8.83. The molecular formula is C22H14F3NO7S. The van der Waals surface area contributed by atoms with Crippen LogP contribution in [-0.4, -0.2) is 23.7 Å². The second kappa shape index (κ2) is 7.99. The number of nitrogens with one attached hydrogen (secondary N) is 1. The van der Waals surface area contributed by atoms with E-state index in [1.807, 2.05) is 0 Å². The van der Waals surface area contributed by atoms with Crippen molar-refractivity contribution in [1.29, 1.82) is 0 Å². The number of anilines is 1. The summed E-state index contributed by atoms with van der Waals surface area (Å²) in [6.07, 6.45) is -4.62. The maximum absolute atomic E-state index is 12.7. The number of aromatic hydroxyl groups is 3. The fourth-order valence-electron chi connectivity index (χ4n) is 3.15. The number of rotatable bonds is 4. The molecule has 1 heterocycles. The molecule has 12 heteroatoms. The van der Waals surface area contributed by atoms with Gasteiger partial charge in [-0.3, -0.25) is 9.52 Å². The monoisotopic (exact) mass is 493 g/mol. The van der Waals surface area contributed by atoms with E-state index >= 15 is 0 Å². The highest BCUT2D eigenvalue weighted by Crippen LogP contribution is 2.36. The molecule has 0 aliphatic heterocycles. The summed E-state index contributed by atoms with van der Waals surface area (Å²) in [5.41, 5.74) is -1.95. The van der Waals surface area contributed by atoms with Crippen molar-refractivity contribution >= 4 is 26.7 Å². The molecule has 4 aromatic rings. The highest BCUT2D eigenvalue weighted by molar-refractivity contribution is 7.92. The zero-order chi connectivity index (χ0) is 24.8. The van der Waals surface area contributed by atoms with Crippen LogP contribution < -0.4 is 10.2 Å². The van der Waals surface area contributed by atoms with Gasteiger partial charge in [-0.2, -0.15) is 13.2 Å². The number of fused-ring (bicyclic) bond motifs is 1. The Morgan fingerprint density at radius 3 is 2.15 bits per heavy atom. The quantitative estimate of drug-likeness (QED) is 0.309. The van der Waals surface area contributed by atoms with Crippen LogP contribution in [0.5, 0.6) is 17.2 Å². The third-order valence-corrected chi connectivity index (χ3v) is 6.25. The zero-order valence-corrected chi connectivity index (χ0v) is 17.6. The van der Waals surface area contributed by atoms with Gasteiger partial charge >= 0.3 is 6.18 Å². The Morgan fingerprint density at radius 2 is 1.53 bits per heavy atom. The fraction of sp³-hybridized carbons (Fsp3) is 0.0455. The molecule has 8 nitrogen and oxygen atoms in total. The summed E-state index contributed by atoms with van der Waals surface area (Å²) in [6.45, 7) is 0. The number of benzene rings is 3. The van der Waals surface area contributed by atoms with Crippen LogP contribution in [0.1, 0.15) is 5.56 Å². The van der Waals surface area contributed by atoms with Gasteiger partial charge in [-0.1, -0.05) is 0 Å². The molecule has 0 saturated heterocycles. The van der Waals surface area contributed by atoms with Crippen LogP contribution in [0.3, 0.4) is 0 Å². The lowest BCUT2D eigenvalue weighted by Crippen LogP contribution is -2.14. The largest absolute Gasteiger partial charge is 0.504 e. The molecule has 0 fully saturated rings. The molecule has 0 bridgehead atoms. The van der Waals surface area contributed by atoms with Crippen LogP contribution in [0.25, 0.3) is 22.3 Å². The molecule has 4 rings (SSSR count). The molecule has 0 aliphatic rings. The lowest BCUT2D eigenvalue weighted by Gasteiger charge is -2.11. The molecule has 0 atom stereocenters. The van der Waals surface area contributed by atoms with Crippen molar-refractivity contribution < 1.29 is 41.3 Å². The number of phenolic OH excluding ortho intramolecular Hbond substituents is 2. The molecule has 0 spiro atoms. The summed E-state index contributed by atoms with van der Waals surface area (Å²) in [7, 11) is -4.29. The van der Waals surface area contributed by atoms with E-state index in [0.29, 0.717) is 12.1 Å². The zero-order valence-electron chi connectivity index (χ0n) is 16.8. The van der Waals surface area contributed by atoms with E-state index in [4.69, 9.17) is 4.42 Å². The third-order valence-electron chi connectivity index (χ3n) is 4.85. The molecule has 0 aliphatic carbocycles. The number of hydrogen-bond donors (Lipinski definition) is 4. The fourth-order valence-corrected chi connectivity index (χ4v) is 4.20. The van der Waals surface area contributed by atoms with Crippen LogP contribution >= 0.6 is 0 Å². The minimum atomic E-state index is -4.62. The number of alkyl halides is 3. The Kier molecular flexibility index (Phi) is 5.40. The van der Waals surface area contributed by atoms with Crippen molar-refractivity contribution in [3.8, 4) is 28.6 Å². The first kappa shape index (κ1) is 23.0. The highest BCUT2D eigenvalue weighted by atomic mass is 32.2. The number of hydrogen-bond acceptors (Lipinski definition) is 7. The smallest absolute Gasteiger partial charge is 0.416 e. The first-order valence-electron chi connectivity index (χ1n) is 9.39. The van der Waals surface area contributed by atoms with Crippen LogP contribution in [0.4, 0.5) is 18.9 Å². The van der Waals surface area contributed by atoms with Gasteiger partial charge in [-0.25, -0.2) is 8.42 Å². The molecule has 176 valence electrons. The topological polar surface area (TPSA) is 137 Å². The number of phenols is 2. The van der Waals surface area contributed by atoms with Crippen LogP contribution in [-0.2, 0) is 16.2 Å². The summed E-state index contributed by atoms with van der Waals surface area (Å²) >= 11 is 0. The van der Waals surface area contributed by atoms with E-state index in [-0.39, 0.29) is 28.0 Å². The first-order chi connectivity index (χ1) is 15.9. The number of halogens is 3. The van der Waals surface area contributed by atoms with E-state index in [0.717, 1.165) is 30.3 Å². The molecule has 0 saturated carbocycles. The molecular weight excluding hydrogens is 479 g/mol. The maximum Gasteiger partial charge on any atom is 0.416 e. The average molecular weight is 493 g/mol. The van der Waals surface area contributed by atoms with Crippen molar-refractivity contribution in [1.82, 2.24) is 0 Å². The van der Waals surface area contributed by atoms with Gasteiger partial charge in [0.15, 0.2) is 17.3 Å². The molecule has 0 radical (unpaired) electrons. The SMILES string of the molecule is O=c1c(O)c(-c2ccc(O)c(O)c2)oc2ccc(NS(=O)(=O)c3ccc(C(F)(F)F)cc3)cc12. The summed E-state index contributed by atoms with van der Waals surface area (Å²) in [4.78, 5) is 12.3. The Hall–Kier alpha value is -4.19. The van der Waals surface area contributed by atoms with Gasteiger partial charge in [-0.05, 0) is 60.7 Å². The summed E-state index contributed by atoms with van der Waals surface area (Å²) in [5, 5.41) is 29.2. The molecule has 0 amide bonds. The van der Waals surface area contributed by atoms with E-state index in [1.165, 1.54) is 18.2 Å². The van der Waals surface area contributed by atoms with Gasteiger partial charge in [-0.15, -0.1) is 0 Å². The van der Waals surface area contributed by atoms with Crippen molar-refractivity contribution in [3.05, 3.63) is 76.5 Å². The second-order valence-electron chi connectivity index (χ2n) is 7.15. The average Bonchev–Trinajstić information content (AvgIpc) is 2.78. The Labute approximate surface area is 189 Å². The van der Waals surface area contributed by atoms with Crippen LogP contribution in [0, 0.1) is 0 Å². The molecule has 3 aromatic carbocycles. The minimum absolute atomic E-state index is 0.0251. The lowest BCUT2D eigenvalue weighted by molar-refractivity contribution is -0.137. The summed E-state index contributed by atoms with van der Waals surface area (Å²) < 4.78 is 71.0. The van der Waals surface area contributed by atoms with Crippen molar-refractivity contribution in [3.63, 3.8) is 0 Å². The van der Waals surface area contributed by atoms with E-state index in [2.05, 4.69) is 4.72 Å². The molecule has 1 aromatic heterocycles. The van der Waals surface area contributed by atoms with E-state index < -0.39 is 49.3 Å². The number of sulfonamides is 1.